The normalized spacial score (nSPS) is 17.6. The van der Waals surface area contributed by atoms with Crippen LogP contribution in [0.3, 0.4) is 0 Å². The minimum Gasteiger partial charge on any atom is -0.346 e. The van der Waals surface area contributed by atoms with Crippen LogP contribution in [0.4, 0.5) is 0 Å². The molecule has 0 spiro atoms. The molecule has 1 aliphatic carbocycles. The Morgan fingerprint density at radius 1 is 1.50 bits per heavy atom. The number of halogens is 1. The van der Waals surface area contributed by atoms with E-state index in [-0.39, 0.29) is 17.3 Å². The summed E-state index contributed by atoms with van der Waals surface area (Å²) in [6.07, 6.45) is 3.19. The number of benzene rings is 1. The van der Waals surface area contributed by atoms with Crippen molar-refractivity contribution in [2.24, 2.45) is 0 Å². The fourth-order valence-corrected chi connectivity index (χ4v) is 2.33. The third-order valence-electron chi connectivity index (χ3n) is 3.28. The quantitative estimate of drug-likeness (QED) is 0.805. The zero-order chi connectivity index (χ0) is 11.6. The fourth-order valence-electron chi connectivity index (χ4n) is 2.26. The van der Waals surface area contributed by atoms with Gasteiger partial charge in [0.05, 0.1) is 5.54 Å². The monoisotopic (exact) mass is 237 g/mol. The summed E-state index contributed by atoms with van der Waals surface area (Å²) in [7, 11) is 0. The van der Waals surface area contributed by atoms with E-state index < -0.39 is 0 Å². The van der Waals surface area contributed by atoms with Crippen LogP contribution in [0.15, 0.2) is 24.3 Å². The Morgan fingerprint density at radius 3 is 2.75 bits per heavy atom. The molecule has 0 aliphatic heterocycles. The summed E-state index contributed by atoms with van der Waals surface area (Å²) in [4.78, 5) is 11.4. The Bertz CT molecular complexity index is 399. The Labute approximate surface area is 101 Å². The largest absolute Gasteiger partial charge is 0.346 e. The molecule has 1 saturated carbocycles. The maximum atomic E-state index is 11.4. The number of carbonyl (C=O) groups excluding carboxylic acids is 1. The first kappa shape index (κ1) is 11.5. The van der Waals surface area contributed by atoms with E-state index in [9.17, 15) is 4.79 Å². The van der Waals surface area contributed by atoms with Crippen LogP contribution < -0.4 is 5.32 Å². The molecule has 2 rings (SSSR count). The van der Waals surface area contributed by atoms with Crippen molar-refractivity contribution < 1.29 is 4.79 Å². The Morgan fingerprint density at radius 2 is 2.25 bits per heavy atom. The number of hydrogen-bond acceptors (Lipinski definition) is 1. The topological polar surface area (TPSA) is 29.1 Å². The first-order valence-corrected chi connectivity index (χ1v) is 6.14. The van der Waals surface area contributed by atoms with Crippen LogP contribution in [0.5, 0.6) is 0 Å². The lowest BCUT2D eigenvalue weighted by Gasteiger charge is -2.43. The summed E-state index contributed by atoms with van der Waals surface area (Å²) >= 11 is 5.55. The van der Waals surface area contributed by atoms with Crippen molar-refractivity contribution in [2.45, 2.75) is 31.7 Å². The number of amides is 1. The van der Waals surface area contributed by atoms with Crippen LogP contribution in [-0.4, -0.2) is 11.8 Å². The molecule has 1 aromatic rings. The third-order valence-corrected chi connectivity index (χ3v) is 3.52. The highest BCUT2D eigenvalue weighted by atomic mass is 35.5. The molecule has 0 bridgehead atoms. The first-order chi connectivity index (χ1) is 7.66. The van der Waals surface area contributed by atoms with Gasteiger partial charge in [0.1, 0.15) is 5.88 Å². The maximum absolute atomic E-state index is 11.4. The molecular formula is C13H16ClNO. The molecule has 0 radical (unpaired) electrons. The highest BCUT2D eigenvalue weighted by Gasteiger charge is 2.39. The van der Waals surface area contributed by atoms with Gasteiger partial charge in [-0.25, -0.2) is 0 Å². The molecule has 86 valence electrons. The van der Waals surface area contributed by atoms with Gasteiger partial charge in [0, 0.05) is 0 Å². The van der Waals surface area contributed by atoms with Gasteiger partial charge in [-0.05, 0) is 31.7 Å². The van der Waals surface area contributed by atoms with Gasteiger partial charge >= 0.3 is 0 Å². The fraction of sp³-hybridized carbons (Fsp3) is 0.462. The Kier molecular flexibility index (Phi) is 3.20. The number of nitrogens with one attached hydrogen (secondary N) is 1. The zero-order valence-electron chi connectivity index (χ0n) is 9.42. The van der Waals surface area contributed by atoms with E-state index in [2.05, 4.69) is 30.4 Å². The molecule has 3 heteroatoms. The van der Waals surface area contributed by atoms with E-state index in [1.165, 1.54) is 11.1 Å². The van der Waals surface area contributed by atoms with Crippen molar-refractivity contribution in [1.29, 1.82) is 0 Å². The molecule has 1 amide bonds. The van der Waals surface area contributed by atoms with E-state index in [0.29, 0.717) is 0 Å². The third kappa shape index (κ3) is 2.07. The SMILES string of the molecule is Cc1cccc(C2(NC(=O)CCl)CCC2)c1. The molecule has 0 unspecified atom stereocenters. The summed E-state index contributed by atoms with van der Waals surface area (Å²) in [6, 6.07) is 8.34. The van der Waals surface area contributed by atoms with Crippen LogP contribution in [0.25, 0.3) is 0 Å². The summed E-state index contributed by atoms with van der Waals surface area (Å²) in [5, 5.41) is 3.05. The summed E-state index contributed by atoms with van der Waals surface area (Å²) < 4.78 is 0. The van der Waals surface area contributed by atoms with Crippen molar-refractivity contribution in [2.75, 3.05) is 5.88 Å². The van der Waals surface area contributed by atoms with Crippen molar-refractivity contribution in [3.05, 3.63) is 35.4 Å². The van der Waals surface area contributed by atoms with E-state index in [1.807, 2.05) is 6.07 Å². The molecule has 1 aromatic carbocycles. The number of aryl methyl sites for hydroxylation is 1. The van der Waals surface area contributed by atoms with Crippen molar-refractivity contribution in [3.63, 3.8) is 0 Å². The van der Waals surface area contributed by atoms with Gasteiger partial charge in [-0.1, -0.05) is 29.8 Å². The average Bonchev–Trinajstić information content (AvgIpc) is 2.23. The van der Waals surface area contributed by atoms with Gasteiger partial charge in [-0.2, -0.15) is 0 Å². The molecule has 0 saturated heterocycles. The van der Waals surface area contributed by atoms with Gasteiger partial charge in [0.15, 0.2) is 0 Å². The molecule has 0 aromatic heterocycles. The van der Waals surface area contributed by atoms with Gasteiger partial charge in [0.2, 0.25) is 5.91 Å². The van der Waals surface area contributed by atoms with Crippen LogP contribution in [0.1, 0.15) is 30.4 Å². The molecule has 2 nitrogen and oxygen atoms in total. The molecule has 1 N–H and O–H groups in total. The van der Waals surface area contributed by atoms with Crippen LogP contribution in [0, 0.1) is 6.92 Å². The summed E-state index contributed by atoms with van der Waals surface area (Å²) in [6.45, 7) is 2.07. The molecule has 1 fully saturated rings. The van der Waals surface area contributed by atoms with Crippen molar-refractivity contribution >= 4 is 17.5 Å². The predicted octanol–water partition coefficient (Wildman–Crippen LogP) is 2.73. The van der Waals surface area contributed by atoms with Gasteiger partial charge in [-0.3, -0.25) is 4.79 Å². The number of hydrogen-bond donors (Lipinski definition) is 1. The maximum Gasteiger partial charge on any atom is 0.235 e. The zero-order valence-corrected chi connectivity index (χ0v) is 10.2. The van der Waals surface area contributed by atoms with Gasteiger partial charge in [0.25, 0.3) is 0 Å². The van der Waals surface area contributed by atoms with E-state index in [4.69, 9.17) is 11.6 Å². The lowest BCUT2D eigenvalue weighted by atomic mass is 9.71. The second-order valence-electron chi connectivity index (χ2n) is 4.49. The standard InChI is InChI=1S/C13H16ClNO/c1-10-4-2-5-11(8-10)13(6-3-7-13)15-12(16)9-14/h2,4-5,8H,3,6-7,9H2,1H3,(H,15,16). The molecular weight excluding hydrogens is 222 g/mol. The van der Waals surface area contributed by atoms with Gasteiger partial charge < -0.3 is 5.32 Å². The summed E-state index contributed by atoms with van der Waals surface area (Å²) in [5.41, 5.74) is 2.28. The second kappa shape index (κ2) is 4.46. The van der Waals surface area contributed by atoms with Gasteiger partial charge in [-0.15, -0.1) is 11.6 Å². The number of alkyl halides is 1. The number of rotatable bonds is 3. The van der Waals surface area contributed by atoms with E-state index in [0.717, 1.165) is 19.3 Å². The molecule has 0 atom stereocenters. The minimum absolute atomic E-state index is 0.0353. The van der Waals surface area contributed by atoms with Crippen molar-refractivity contribution in [3.8, 4) is 0 Å². The predicted molar refractivity (Wildman–Crippen MR) is 65.6 cm³/mol. The molecule has 0 heterocycles. The van der Waals surface area contributed by atoms with E-state index >= 15 is 0 Å². The average molecular weight is 238 g/mol. The summed E-state index contributed by atoms with van der Waals surface area (Å²) in [5.74, 6) is -0.0454. The molecule has 1 aliphatic rings. The first-order valence-electron chi connectivity index (χ1n) is 5.60. The smallest absolute Gasteiger partial charge is 0.235 e. The van der Waals surface area contributed by atoms with Crippen LogP contribution in [-0.2, 0) is 10.3 Å². The minimum atomic E-state index is -0.155. The second-order valence-corrected chi connectivity index (χ2v) is 4.75. The number of carbonyl (C=O) groups is 1. The Balaban J connectivity index is 2.24. The van der Waals surface area contributed by atoms with Crippen molar-refractivity contribution in [1.82, 2.24) is 5.32 Å². The van der Waals surface area contributed by atoms with E-state index in [1.54, 1.807) is 0 Å². The lowest BCUT2D eigenvalue weighted by Crippen LogP contribution is -2.51. The lowest BCUT2D eigenvalue weighted by molar-refractivity contribution is -0.121. The van der Waals surface area contributed by atoms with Crippen LogP contribution in [0.2, 0.25) is 0 Å². The highest BCUT2D eigenvalue weighted by Crippen LogP contribution is 2.41. The highest BCUT2D eigenvalue weighted by molar-refractivity contribution is 6.27. The molecule has 16 heavy (non-hydrogen) atoms. The Hall–Kier alpha value is -1.02. The van der Waals surface area contributed by atoms with Crippen LogP contribution >= 0.6 is 11.6 Å².